The van der Waals surface area contributed by atoms with Crippen molar-refractivity contribution in [2.24, 2.45) is 0 Å². The van der Waals surface area contributed by atoms with E-state index in [2.05, 4.69) is 37.9 Å². The molecule has 2 atom stereocenters. The summed E-state index contributed by atoms with van der Waals surface area (Å²) < 4.78 is 7.62. The normalized spacial score (nSPS) is 18.7. The average Bonchev–Trinajstić information content (AvgIpc) is 2.46. The summed E-state index contributed by atoms with van der Waals surface area (Å²) in [6, 6.07) is 14.0. The predicted molar refractivity (Wildman–Crippen MR) is 90.7 cm³/mol. The van der Waals surface area contributed by atoms with Crippen LogP contribution in [-0.2, 0) is 0 Å². The Morgan fingerprint density at radius 2 is 1.86 bits per heavy atom. The highest BCUT2D eigenvalue weighted by Gasteiger charge is 2.24. The Hall–Kier alpha value is -0.840. The second-order valence-electron chi connectivity index (χ2n) is 5.33. The Balaban J connectivity index is 1.81. The van der Waals surface area contributed by atoms with Gasteiger partial charge in [0, 0.05) is 8.95 Å². The third-order valence-corrected chi connectivity index (χ3v) is 4.78. The first-order valence-electron chi connectivity index (χ1n) is 6.99. The molecule has 2 aromatic rings. The number of fused-ring (bicyclic) bond motifs is 1. The molecule has 21 heavy (non-hydrogen) atoms. The van der Waals surface area contributed by atoms with Crippen molar-refractivity contribution >= 4 is 31.9 Å². The van der Waals surface area contributed by atoms with Crippen molar-refractivity contribution in [1.29, 1.82) is 0 Å². The van der Waals surface area contributed by atoms with Gasteiger partial charge in [-0.2, -0.15) is 0 Å². The van der Waals surface area contributed by atoms with Gasteiger partial charge < -0.3 is 9.84 Å². The fourth-order valence-corrected chi connectivity index (χ4v) is 4.16. The van der Waals surface area contributed by atoms with E-state index in [1.165, 1.54) is 5.56 Å². The zero-order valence-corrected chi connectivity index (χ0v) is 14.6. The zero-order chi connectivity index (χ0) is 14.8. The summed E-state index contributed by atoms with van der Waals surface area (Å²) in [6.07, 6.45) is 1.18. The highest BCUT2D eigenvalue weighted by Crippen LogP contribution is 2.39. The number of benzene rings is 2. The molecular weight excluding hydrogens is 396 g/mol. The quantitative estimate of drug-likeness (QED) is 0.751. The molecule has 110 valence electrons. The standard InChI is InChI=1S/C17H16Br2O2/c18-13-7-12(8-14(19)10-13)16(20)9-11-5-6-21-17-4-2-1-3-15(11)17/h1-4,7-8,10-11,16,20H,5-6,9H2. The van der Waals surface area contributed by atoms with Crippen LogP contribution in [0.25, 0.3) is 0 Å². The summed E-state index contributed by atoms with van der Waals surface area (Å²) in [5.41, 5.74) is 2.14. The van der Waals surface area contributed by atoms with Crippen LogP contribution in [0, 0.1) is 0 Å². The number of para-hydroxylation sites is 1. The Kier molecular flexibility index (Phi) is 4.67. The molecule has 3 rings (SSSR count). The summed E-state index contributed by atoms with van der Waals surface area (Å²) in [7, 11) is 0. The SMILES string of the molecule is OC(CC1CCOc2ccccc21)c1cc(Br)cc(Br)c1. The number of aliphatic hydroxyl groups is 1. The Morgan fingerprint density at radius 1 is 1.14 bits per heavy atom. The van der Waals surface area contributed by atoms with Gasteiger partial charge in [-0.05, 0) is 54.2 Å². The topological polar surface area (TPSA) is 29.5 Å². The zero-order valence-electron chi connectivity index (χ0n) is 11.4. The third-order valence-electron chi connectivity index (χ3n) is 3.86. The molecule has 0 saturated heterocycles. The van der Waals surface area contributed by atoms with E-state index >= 15 is 0 Å². The van der Waals surface area contributed by atoms with E-state index in [0.717, 1.165) is 33.3 Å². The summed E-state index contributed by atoms with van der Waals surface area (Å²) in [5, 5.41) is 10.6. The summed E-state index contributed by atoms with van der Waals surface area (Å²) in [4.78, 5) is 0. The number of ether oxygens (including phenoxy) is 1. The summed E-state index contributed by atoms with van der Waals surface area (Å²) in [6.45, 7) is 0.719. The molecule has 4 heteroatoms. The lowest BCUT2D eigenvalue weighted by Crippen LogP contribution is -2.16. The Labute approximate surface area is 141 Å². The van der Waals surface area contributed by atoms with Crippen LogP contribution in [-0.4, -0.2) is 11.7 Å². The molecule has 2 nitrogen and oxygen atoms in total. The molecule has 0 saturated carbocycles. The molecule has 0 bridgehead atoms. The van der Waals surface area contributed by atoms with Crippen LogP contribution in [0.1, 0.15) is 36.0 Å². The number of halogens is 2. The highest BCUT2D eigenvalue weighted by atomic mass is 79.9. The molecule has 2 unspecified atom stereocenters. The fourth-order valence-electron chi connectivity index (χ4n) is 2.83. The Morgan fingerprint density at radius 3 is 2.62 bits per heavy atom. The van der Waals surface area contributed by atoms with Crippen LogP contribution in [0.2, 0.25) is 0 Å². The molecule has 0 radical (unpaired) electrons. The number of hydrogen-bond acceptors (Lipinski definition) is 2. The summed E-state index contributed by atoms with van der Waals surface area (Å²) in [5.74, 6) is 1.29. The van der Waals surface area contributed by atoms with Crippen LogP contribution in [0.5, 0.6) is 5.75 Å². The van der Waals surface area contributed by atoms with Gasteiger partial charge in [0.25, 0.3) is 0 Å². The van der Waals surface area contributed by atoms with Crippen molar-refractivity contribution in [3.63, 3.8) is 0 Å². The molecule has 1 aliphatic heterocycles. The van der Waals surface area contributed by atoms with Gasteiger partial charge in [-0.25, -0.2) is 0 Å². The molecule has 1 aliphatic rings. The van der Waals surface area contributed by atoms with Crippen LogP contribution in [0.3, 0.4) is 0 Å². The maximum Gasteiger partial charge on any atom is 0.122 e. The average molecular weight is 412 g/mol. The van der Waals surface area contributed by atoms with Crippen molar-refractivity contribution in [3.8, 4) is 5.75 Å². The van der Waals surface area contributed by atoms with Gasteiger partial charge >= 0.3 is 0 Å². The molecule has 0 aliphatic carbocycles. The lowest BCUT2D eigenvalue weighted by Gasteiger charge is -2.27. The van der Waals surface area contributed by atoms with Crippen LogP contribution in [0.4, 0.5) is 0 Å². The fraction of sp³-hybridized carbons (Fsp3) is 0.294. The first-order chi connectivity index (χ1) is 10.1. The number of aliphatic hydroxyl groups excluding tert-OH is 1. The molecule has 0 amide bonds. The molecule has 0 aromatic heterocycles. The van der Waals surface area contributed by atoms with Crippen LogP contribution < -0.4 is 4.74 Å². The maximum atomic E-state index is 10.6. The molecule has 0 spiro atoms. The number of hydrogen-bond donors (Lipinski definition) is 1. The first-order valence-corrected chi connectivity index (χ1v) is 8.58. The van der Waals surface area contributed by atoms with Gasteiger partial charge in [-0.1, -0.05) is 50.1 Å². The first kappa shape index (κ1) is 15.1. The minimum atomic E-state index is -0.477. The van der Waals surface area contributed by atoms with E-state index in [1.54, 1.807) is 0 Å². The molecule has 0 fully saturated rings. The minimum Gasteiger partial charge on any atom is -0.493 e. The largest absolute Gasteiger partial charge is 0.493 e. The van der Waals surface area contributed by atoms with Gasteiger partial charge in [0.15, 0.2) is 0 Å². The second kappa shape index (κ2) is 6.51. The predicted octanol–water partition coefficient (Wildman–Crippen LogP) is 5.20. The minimum absolute atomic E-state index is 0.336. The Bertz CT molecular complexity index is 622. The van der Waals surface area contributed by atoms with Gasteiger partial charge in [0.2, 0.25) is 0 Å². The van der Waals surface area contributed by atoms with Crippen molar-refractivity contribution in [3.05, 3.63) is 62.5 Å². The lowest BCUT2D eigenvalue weighted by molar-refractivity contribution is 0.145. The molecule has 2 aromatic carbocycles. The van der Waals surface area contributed by atoms with E-state index in [0.29, 0.717) is 12.3 Å². The number of rotatable bonds is 3. The van der Waals surface area contributed by atoms with Crippen molar-refractivity contribution in [2.45, 2.75) is 24.9 Å². The van der Waals surface area contributed by atoms with E-state index in [4.69, 9.17) is 4.74 Å². The van der Waals surface area contributed by atoms with Crippen molar-refractivity contribution in [1.82, 2.24) is 0 Å². The van der Waals surface area contributed by atoms with Gasteiger partial charge in [0.1, 0.15) is 5.75 Å². The van der Waals surface area contributed by atoms with Gasteiger partial charge in [0.05, 0.1) is 12.7 Å². The maximum absolute atomic E-state index is 10.6. The van der Waals surface area contributed by atoms with E-state index in [-0.39, 0.29) is 0 Å². The molecule has 1 N–H and O–H groups in total. The molecule has 1 heterocycles. The summed E-state index contributed by atoms with van der Waals surface area (Å²) >= 11 is 6.94. The smallest absolute Gasteiger partial charge is 0.122 e. The second-order valence-corrected chi connectivity index (χ2v) is 7.16. The third kappa shape index (κ3) is 3.50. The van der Waals surface area contributed by atoms with E-state index < -0.39 is 6.10 Å². The van der Waals surface area contributed by atoms with Crippen molar-refractivity contribution < 1.29 is 9.84 Å². The van der Waals surface area contributed by atoms with Crippen molar-refractivity contribution in [2.75, 3.05) is 6.61 Å². The molecular formula is C17H16Br2O2. The highest BCUT2D eigenvalue weighted by molar-refractivity contribution is 9.11. The van der Waals surface area contributed by atoms with E-state index in [1.807, 2.05) is 36.4 Å². The van der Waals surface area contributed by atoms with E-state index in [9.17, 15) is 5.11 Å². The van der Waals surface area contributed by atoms with Crippen LogP contribution in [0.15, 0.2) is 51.4 Å². The monoisotopic (exact) mass is 410 g/mol. The van der Waals surface area contributed by atoms with Gasteiger partial charge in [-0.3, -0.25) is 0 Å². The van der Waals surface area contributed by atoms with Crippen LogP contribution >= 0.6 is 31.9 Å². The van der Waals surface area contributed by atoms with Gasteiger partial charge in [-0.15, -0.1) is 0 Å². The lowest BCUT2D eigenvalue weighted by atomic mass is 9.86.